The highest BCUT2D eigenvalue weighted by molar-refractivity contribution is 6.05. The molecule has 16 heavy (non-hydrogen) atoms. The van der Waals surface area contributed by atoms with Crippen LogP contribution in [0, 0.1) is 5.41 Å². The Kier molecular flexibility index (Phi) is 3.46. The first kappa shape index (κ1) is 11.4. The molecular weight excluding hydrogens is 204 g/mol. The van der Waals surface area contributed by atoms with Crippen molar-refractivity contribution in [1.29, 1.82) is 0 Å². The zero-order chi connectivity index (χ0) is 11.4. The molecule has 0 bridgehead atoms. The van der Waals surface area contributed by atoms with Crippen LogP contribution in [0.25, 0.3) is 0 Å². The third-order valence-corrected chi connectivity index (χ3v) is 3.15. The summed E-state index contributed by atoms with van der Waals surface area (Å²) in [6, 6.07) is 0. The molecule has 0 aromatic rings. The largest absolute Gasteiger partial charge is 0.478 e. The lowest BCUT2D eigenvalue weighted by Crippen LogP contribution is -2.37. The summed E-state index contributed by atoms with van der Waals surface area (Å²) < 4.78 is 11.2. The van der Waals surface area contributed by atoms with Crippen molar-refractivity contribution in [3.63, 3.8) is 0 Å². The number of ether oxygens (including phenoxy) is 2. The first-order valence-electron chi connectivity index (χ1n) is 6.13. The van der Waals surface area contributed by atoms with Gasteiger partial charge in [0.05, 0.1) is 13.1 Å². The molecule has 2 rings (SSSR count). The van der Waals surface area contributed by atoms with Gasteiger partial charge in [-0.2, -0.15) is 0 Å². The maximum atomic E-state index is 5.62. The summed E-state index contributed by atoms with van der Waals surface area (Å²) in [5.74, 6) is 1.64. The van der Waals surface area contributed by atoms with Crippen LogP contribution in [0.4, 0.5) is 0 Å². The van der Waals surface area contributed by atoms with E-state index in [9.17, 15) is 0 Å². The van der Waals surface area contributed by atoms with Gasteiger partial charge in [-0.3, -0.25) is 9.98 Å². The molecule has 0 saturated heterocycles. The van der Waals surface area contributed by atoms with E-state index in [1.807, 2.05) is 0 Å². The van der Waals surface area contributed by atoms with E-state index in [2.05, 4.69) is 23.8 Å². The van der Waals surface area contributed by atoms with E-state index in [-0.39, 0.29) is 5.41 Å². The SMILES string of the molecule is CCCCC(C)(C1=NCCO1)C1=NCCO1. The van der Waals surface area contributed by atoms with Gasteiger partial charge in [-0.05, 0) is 13.3 Å². The van der Waals surface area contributed by atoms with E-state index in [1.165, 1.54) is 0 Å². The van der Waals surface area contributed by atoms with Crippen molar-refractivity contribution >= 4 is 11.8 Å². The molecule has 0 radical (unpaired) electrons. The third-order valence-electron chi connectivity index (χ3n) is 3.15. The predicted octanol–water partition coefficient (Wildman–Crippen LogP) is 2.04. The smallest absolute Gasteiger partial charge is 0.199 e. The number of rotatable bonds is 5. The van der Waals surface area contributed by atoms with Crippen LogP contribution in [0.2, 0.25) is 0 Å². The Labute approximate surface area is 96.8 Å². The normalized spacial score (nSPS) is 20.1. The average Bonchev–Trinajstić information content (AvgIpc) is 2.96. The van der Waals surface area contributed by atoms with Gasteiger partial charge in [-0.15, -0.1) is 0 Å². The van der Waals surface area contributed by atoms with E-state index in [4.69, 9.17) is 9.47 Å². The van der Waals surface area contributed by atoms with E-state index >= 15 is 0 Å². The standard InChI is InChI=1S/C12H20N2O2/c1-3-4-5-12(2,10-13-6-8-15-10)11-14-7-9-16-11/h3-9H2,1-2H3. The molecular formula is C12H20N2O2. The minimum absolute atomic E-state index is 0.233. The summed E-state index contributed by atoms with van der Waals surface area (Å²) in [5.41, 5.74) is -0.233. The number of hydrogen-bond acceptors (Lipinski definition) is 4. The van der Waals surface area contributed by atoms with Gasteiger partial charge >= 0.3 is 0 Å². The fraction of sp³-hybridized carbons (Fsp3) is 0.833. The molecule has 0 amide bonds. The Morgan fingerprint density at radius 1 is 1.12 bits per heavy atom. The van der Waals surface area contributed by atoms with E-state index in [0.29, 0.717) is 13.2 Å². The lowest BCUT2D eigenvalue weighted by Gasteiger charge is -2.27. The molecule has 0 aromatic heterocycles. The Bertz CT molecular complexity index is 286. The molecule has 0 aromatic carbocycles. The van der Waals surface area contributed by atoms with Gasteiger partial charge < -0.3 is 9.47 Å². The number of aliphatic imine (C=N–C) groups is 2. The van der Waals surface area contributed by atoms with Crippen LogP contribution in [0.5, 0.6) is 0 Å². The van der Waals surface area contributed by atoms with Gasteiger partial charge in [0.2, 0.25) is 0 Å². The molecule has 0 fully saturated rings. The molecule has 0 atom stereocenters. The summed E-state index contributed by atoms with van der Waals surface area (Å²) in [4.78, 5) is 8.88. The zero-order valence-electron chi connectivity index (χ0n) is 10.2. The second-order valence-electron chi connectivity index (χ2n) is 4.51. The van der Waals surface area contributed by atoms with E-state index in [1.54, 1.807) is 0 Å². The monoisotopic (exact) mass is 224 g/mol. The van der Waals surface area contributed by atoms with Gasteiger partial charge in [0.15, 0.2) is 11.8 Å². The second kappa shape index (κ2) is 4.85. The Balaban J connectivity index is 2.17. The van der Waals surface area contributed by atoms with Crippen molar-refractivity contribution in [2.45, 2.75) is 33.1 Å². The Hall–Kier alpha value is -1.06. The van der Waals surface area contributed by atoms with E-state index in [0.717, 1.165) is 44.1 Å². The summed E-state index contributed by atoms with van der Waals surface area (Å²) >= 11 is 0. The van der Waals surface area contributed by atoms with Crippen molar-refractivity contribution < 1.29 is 9.47 Å². The predicted molar refractivity (Wildman–Crippen MR) is 64.1 cm³/mol. The number of unbranched alkanes of at least 4 members (excludes halogenated alkanes) is 1. The van der Waals surface area contributed by atoms with Crippen LogP contribution < -0.4 is 0 Å². The molecule has 4 nitrogen and oxygen atoms in total. The highest BCUT2D eigenvalue weighted by atomic mass is 16.5. The molecule has 0 unspecified atom stereocenters. The summed E-state index contributed by atoms with van der Waals surface area (Å²) in [6.07, 6.45) is 3.30. The van der Waals surface area contributed by atoms with Crippen LogP contribution in [-0.4, -0.2) is 38.1 Å². The third kappa shape index (κ3) is 2.06. The fourth-order valence-corrected chi connectivity index (χ4v) is 2.17. The van der Waals surface area contributed by atoms with Crippen molar-refractivity contribution in [2.24, 2.45) is 15.4 Å². The molecule has 2 heterocycles. The van der Waals surface area contributed by atoms with Gasteiger partial charge in [-0.1, -0.05) is 19.8 Å². The van der Waals surface area contributed by atoms with Crippen molar-refractivity contribution in [3.05, 3.63) is 0 Å². The Morgan fingerprint density at radius 3 is 2.06 bits per heavy atom. The van der Waals surface area contributed by atoms with Crippen LogP contribution in [0.3, 0.4) is 0 Å². The molecule has 0 aliphatic carbocycles. The van der Waals surface area contributed by atoms with Gasteiger partial charge in [-0.25, -0.2) is 0 Å². The Morgan fingerprint density at radius 2 is 1.69 bits per heavy atom. The second-order valence-corrected chi connectivity index (χ2v) is 4.51. The van der Waals surface area contributed by atoms with Gasteiger partial charge in [0.1, 0.15) is 18.6 Å². The van der Waals surface area contributed by atoms with Crippen LogP contribution in [-0.2, 0) is 9.47 Å². The van der Waals surface area contributed by atoms with Gasteiger partial charge in [0.25, 0.3) is 0 Å². The maximum Gasteiger partial charge on any atom is 0.199 e. The average molecular weight is 224 g/mol. The highest BCUT2D eigenvalue weighted by Gasteiger charge is 2.41. The fourth-order valence-electron chi connectivity index (χ4n) is 2.17. The van der Waals surface area contributed by atoms with Crippen LogP contribution in [0.1, 0.15) is 33.1 Å². The maximum absolute atomic E-state index is 5.62. The number of hydrogen-bond donors (Lipinski definition) is 0. The van der Waals surface area contributed by atoms with Crippen molar-refractivity contribution in [2.75, 3.05) is 26.3 Å². The topological polar surface area (TPSA) is 43.2 Å². The molecule has 2 aliphatic rings. The van der Waals surface area contributed by atoms with Crippen molar-refractivity contribution in [3.8, 4) is 0 Å². The lowest BCUT2D eigenvalue weighted by atomic mass is 9.84. The molecule has 0 saturated carbocycles. The molecule has 90 valence electrons. The quantitative estimate of drug-likeness (QED) is 0.717. The first-order valence-corrected chi connectivity index (χ1v) is 6.13. The summed E-state index contributed by atoms with van der Waals surface area (Å²) in [5, 5.41) is 0. The lowest BCUT2D eigenvalue weighted by molar-refractivity contribution is 0.266. The molecule has 0 spiro atoms. The van der Waals surface area contributed by atoms with Gasteiger partial charge in [0, 0.05) is 0 Å². The zero-order valence-corrected chi connectivity index (χ0v) is 10.2. The highest BCUT2D eigenvalue weighted by Crippen LogP contribution is 2.32. The van der Waals surface area contributed by atoms with E-state index < -0.39 is 0 Å². The summed E-state index contributed by atoms with van der Waals surface area (Å²) in [6.45, 7) is 7.26. The van der Waals surface area contributed by atoms with Crippen molar-refractivity contribution in [1.82, 2.24) is 0 Å². The molecule has 2 aliphatic heterocycles. The first-order chi connectivity index (χ1) is 7.77. The molecule has 4 heteroatoms. The number of nitrogens with zero attached hydrogens (tertiary/aromatic N) is 2. The van der Waals surface area contributed by atoms with Crippen LogP contribution >= 0.6 is 0 Å². The van der Waals surface area contributed by atoms with Crippen LogP contribution in [0.15, 0.2) is 9.98 Å². The molecule has 0 N–H and O–H groups in total. The minimum atomic E-state index is -0.233. The minimum Gasteiger partial charge on any atom is -0.478 e. The summed E-state index contributed by atoms with van der Waals surface area (Å²) in [7, 11) is 0.